The van der Waals surface area contributed by atoms with Crippen LogP contribution in [0, 0.1) is 0 Å². The van der Waals surface area contributed by atoms with Crippen LogP contribution >= 0.6 is 0 Å². The van der Waals surface area contributed by atoms with Crippen LogP contribution < -0.4 is 10.6 Å². The molecule has 6 nitrogen and oxygen atoms in total. The molecule has 1 aliphatic carbocycles. The Labute approximate surface area is 181 Å². The van der Waals surface area contributed by atoms with Gasteiger partial charge in [-0.25, -0.2) is 4.39 Å². The number of hydrogen-bond donors (Lipinski definition) is 2. The highest BCUT2D eigenvalue weighted by atomic mass is 19.1. The van der Waals surface area contributed by atoms with Crippen molar-refractivity contribution < 1.29 is 13.9 Å². The lowest BCUT2D eigenvalue weighted by atomic mass is 9.99. The van der Waals surface area contributed by atoms with Crippen LogP contribution in [0.2, 0.25) is 0 Å². The number of carbonyl (C=O) groups excluding carboxylic acids is 1. The Balaban J connectivity index is 1.31. The Morgan fingerprint density at radius 1 is 1.19 bits per heavy atom. The molecule has 0 radical (unpaired) electrons. The summed E-state index contributed by atoms with van der Waals surface area (Å²) in [5, 5.41) is 6.38. The lowest BCUT2D eigenvalue weighted by molar-refractivity contribution is -0.116. The molecular formula is C24H27FN4O2. The number of anilines is 1. The maximum absolute atomic E-state index is 13.6. The van der Waals surface area contributed by atoms with E-state index in [0.717, 1.165) is 61.8 Å². The minimum atomic E-state index is -0.298. The minimum absolute atomic E-state index is 0.192. The van der Waals surface area contributed by atoms with E-state index in [1.807, 2.05) is 12.1 Å². The molecule has 7 heteroatoms. The van der Waals surface area contributed by atoms with Gasteiger partial charge >= 0.3 is 0 Å². The van der Waals surface area contributed by atoms with Crippen LogP contribution in [-0.2, 0) is 16.1 Å². The second-order valence-electron chi connectivity index (χ2n) is 8.41. The largest absolute Gasteiger partial charge is 0.487 e. The Bertz CT molecular complexity index is 1030. The van der Waals surface area contributed by atoms with Gasteiger partial charge in [0.25, 0.3) is 5.91 Å². The van der Waals surface area contributed by atoms with Gasteiger partial charge < -0.3 is 20.3 Å². The van der Waals surface area contributed by atoms with E-state index in [4.69, 9.17) is 4.74 Å². The summed E-state index contributed by atoms with van der Waals surface area (Å²) in [5.41, 5.74) is 4.95. The molecule has 1 aromatic rings. The Hall–Kier alpha value is -2.90. The summed E-state index contributed by atoms with van der Waals surface area (Å²) in [4.78, 5) is 17.5. The highest BCUT2D eigenvalue weighted by Crippen LogP contribution is 2.39. The average molecular weight is 423 g/mol. The number of nitrogens with one attached hydrogen (secondary N) is 2. The first kappa shape index (κ1) is 20.0. The fourth-order valence-corrected chi connectivity index (χ4v) is 4.45. The molecule has 0 saturated carbocycles. The number of carbonyl (C=O) groups is 1. The van der Waals surface area contributed by atoms with Crippen molar-refractivity contribution in [1.82, 2.24) is 15.1 Å². The number of halogens is 1. The van der Waals surface area contributed by atoms with Gasteiger partial charge in [-0.15, -0.1) is 0 Å². The predicted molar refractivity (Wildman–Crippen MR) is 119 cm³/mol. The third kappa shape index (κ3) is 4.03. The lowest BCUT2D eigenvalue weighted by Crippen LogP contribution is -2.45. The standard InChI is InChI=1S/C24H27FN4O2/c1-28-10-12-29(13-11-28)9-8-26-18-4-6-19-16(14-18)15-31-23(19)22-20-5-2-17(25)3-7-21(20)27-24(22)30/h2-6,14,26H,7-13,15H2,1H3,(H,27,30)/b23-22+. The molecule has 3 aliphatic heterocycles. The Kier molecular flexibility index (Phi) is 5.38. The quantitative estimate of drug-likeness (QED) is 0.731. The first-order valence-corrected chi connectivity index (χ1v) is 10.8. The molecule has 3 heterocycles. The maximum atomic E-state index is 13.6. The summed E-state index contributed by atoms with van der Waals surface area (Å²) < 4.78 is 19.6. The molecule has 1 fully saturated rings. The number of fused-ring (bicyclic) bond motifs is 1. The zero-order chi connectivity index (χ0) is 21.4. The van der Waals surface area contributed by atoms with Crippen LogP contribution in [0.1, 0.15) is 17.5 Å². The molecule has 0 aromatic heterocycles. The number of likely N-dealkylation sites (N-methyl/N-ethyl adjacent to an activating group) is 1. The average Bonchev–Trinajstić information content (AvgIpc) is 3.25. The van der Waals surface area contributed by atoms with Gasteiger partial charge in [-0.3, -0.25) is 9.69 Å². The number of nitrogens with zero attached hydrogens (tertiary/aromatic N) is 2. The predicted octanol–water partition coefficient (Wildman–Crippen LogP) is 2.78. The number of ether oxygens (including phenoxy) is 1. The van der Waals surface area contributed by atoms with Crippen LogP contribution in [0.4, 0.5) is 10.1 Å². The fraction of sp³-hybridized carbons (Fsp3) is 0.375. The molecule has 1 saturated heterocycles. The summed E-state index contributed by atoms with van der Waals surface area (Å²) in [6, 6.07) is 6.14. The van der Waals surface area contributed by atoms with Crippen molar-refractivity contribution in [3.63, 3.8) is 0 Å². The van der Waals surface area contributed by atoms with E-state index in [1.54, 1.807) is 6.08 Å². The van der Waals surface area contributed by atoms with Crippen molar-refractivity contribution in [2.75, 3.05) is 51.6 Å². The second-order valence-corrected chi connectivity index (χ2v) is 8.41. The van der Waals surface area contributed by atoms with Crippen molar-refractivity contribution in [2.24, 2.45) is 0 Å². The van der Waals surface area contributed by atoms with E-state index < -0.39 is 0 Å². The third-order valence-electron chi connectivity index (χ3n) is 6.30. The van der Waals surface area contributed by atoms with Gasteiger partial charge in [0.2, 0.25) is 0 Å². The molecule has 1 amide bonds. The third-order valence-corrected chi connectivity index (χ3v) is 6.30. The fourth-order valence-electron chi connectivity index (χ4n) is 4.45. The van der Waals surface area contributed by atoms with E-state index in [9.17, 15) is 9.18 Å². The van der Waals surface area contributed by atoms with Crippen molar-refractivity contribution >= 4 is 17.4 Å². The van der Waals surface area contributed by atoms with Crippen molar-refractivity contribution in [3.05, 3.63) is 70.2 Å². The van der Waals surface area contributed by atoms with Gasteiger partial charge in [-0.05, 0) is 43.5 Å². The van der Waals surface area contributed by atoms with Gasteiger partial charge in [0, 0.05) is 73.8 Å². The van der Waals surface area contributed by atoms with Crippen LogP contribution in [0.25, 0.3) is 5.76 Å². The molecule has 5 rings (SSSR count). The van der Waals surface area contributed by atoms with Crippen molar-refractivity contribution in [3.8, 4) is 0 Å². The first-order chi connectivity index (χ1) is 15.1. The van der Waals surface area contributed by atoms with E-state index in [-0.39, 0.29) is 11.7 Å². The zero-order valence-corrected chi connectivity index (χ0v) is 17.7. The van der Waals surface area contributed by atoms with Gasteiger partial charge in [0.1, 0.15) is 18.2 Å². The number of hydrogen-bond acceptors (Lipinski definition) is 5. The molecule has 0 bridgehead atoms. The van der Waals surface area contributed by atoms with Gasteiger partial charge in [0.15, 0.2) is 0 Å². The highest BCUT2D eigenvalue weighted by Gasteiger charge is 2.33. The summed E-state index contributed by atoms with van der Waals surface area (Å²) in [6.07, 6.45) is 4.88. The van der Waals surface area contributed by atoms with Gasteiger partial charge in [-0.2, -0.15) is 0 Å². The molecule has 0 atom stereocenters. The number of amides is 1. The smallest absolute Gasteiger partial charge is 0.259 e. The SMILES string of the molecule is CN1CCN(CCNc2ccc3c(c2)CO/C3=C2/C(=O)NC3=C2C=CC(F)=CC3)CC1. The van der Waals surface area contributed by atoms with Crippen LogP contribution in [-0.4, -0.2) is 62.0 Å². The first-order valence-electron chi connectivity index (χ1n) is 10.8. The van der Waals surface area contributed by atoms with Crippen LogP contribution in [0.15, 0.2) is 59.1 Å². The van der Waals surface area contributed by atoms with Gasteiger partial charge in [0.05, 0.1) is 5.57 Å². The highest BCUT2D eigenvalue weighted by molar-refractivity contribution is 6.09. The van der Waals surface area contributed by atoms with Crippen LogP contribution in [0.5, 0.6) is 0 Å². The van der Waals surface area contributed by atoms with E-state index >= 15 is 0 Å². The van der Waals surface area contributed by atoms with Gasteiger partial charge in [-0.1, -0.05) is 0 Å². The number of benzene rings is 1. The molecule has 0 spiro atoms. The van der Waals surface area contributed by atoms with E-state index in [0.29, 0.717) is 29.9 Å². The summed E-state index contributed by atoms with van der Waals surface area (Å²) in [5.74, 6) is 0.0871. The molecule has 1 aromatic carbocycles. The molecule has 0 unspecified atom stereocenters. The molecular weight excluding hydrogens is 395 g/mol. The normalized spacial score (nSPS) is 23.8. The second kappa shape index (κ2) is 8.32. The van der Waals surface area contributed by atoms with Crippen LogP contribution in [0.3, 0.4) is 0 Å². The minimum Gasteiger partial charge on any atom is -0.487 e. The van der Waals surface area contributed by atoms with Crippen molar-refractivity contribution in [1.29, 1.82) is 0 Å². The number of rotatable bonds is 4. The molecule has 4 aliphatic rings. The van der Waals surface area contributed by atoms with E-state index in [1.165, 1.54) is 12.2 Å². The monoisotopic (exact) mass is 422 g/mol. The number of allylic oxidation sites excluding steroid dienone is 4. The van der Waals surface area contributed by atoms with E-state index in [2.05, 4.69) is 33.5 Å². The molecule has 31 heavy (non-hydrogen) atoms. The summed E-state index contributed by atoms with van der Waals surface area (Å²) in [7, 11) is 2.17. The Morgan fingerprint density at radius 3 is 2.87 bits per heavy atom. The summed E-state index contributed by atoms with van der Waals surface area (Å²) >= 11 is 0. The number of piperazine rings is 1. The van der Waals surface area contributed by atoms with Crippen molar-refractivity contribution in [2.45, 2.75) is 13.0 Å². The topological polar surface area (TPSA) is 56.8 Å². The zero-order valence-electron chi connectivity index (χ0n) is 17.7. The molecule has 162 valence electrons. The maximum Gasteiger partial charge on any atom is 0.259 e. The lowest BCUT2D eigenvalue weighted by Gasteiger charge is -2.32. The Morgan fingerprint density at radius 2 is 2.03 bits per heavy atom. The molecule has 2 N–H and O–H groups in total. The summed E-state index contributed by atoms with van der Waals surface area (Å²) in [6.45, 7) is 6.80.